The molecule has 1 amide bonds. The molecule has 1 N–H and O–H groups in total. The van der Waals surface area contributed by atoms with Crippen molar-refractivity contribution in [2.24, 2.45) is 5.10 Å². The van der Waals surface area contributed by atoms with Crippen LogP contribution in [0.5, 0.6) is 0 Å². The van der Waals surface area contributed by atoms with Gasteiger partial charge in [0, 0.05) is 17.7 Å². The zero-order chi connectivity index (χ0) is 16.1. The van der Waals surface area contributed by atoms with Crippen molar-refractivity contribution in [1.29, 1.82) is 0 Å². The summed E-state index contributed by atoms with van der Waals surface area (Å²) in [7, 11) is 0. The van der Waals surface area contributed by atoms with Gasteiger partial charge < -0.3 is 0 Å². The van der Waals surface area contributed by atoms with Gasteiger partial charge in [-0.25, -0.2) is 5.43 Å². The molecule has 0 radical (unpaired) electrons. The normalized spacial score (nSPS) is 11.1. The third kappa shape index (κ3) is 3.76. The first-order chi connectivity index (χ1) is 10.5. The number of nitro groups is 1. The third-order valence-corrected chi connectivity index (χ3v) is 3.10. The highest BCUT2D eigenvalue weighted by Crippen LogP contribution is 2.12. The van der Waals surface area contributed by atoms with E-state index >= 15 is 0 Å². The van der Waals surface area contributed by atoms with Crippen molar-refractivity contribution < 1.29 is 9.72 Å². The van der Waals surface area contributed by atoms with Crippen LogP contribution in [-0.2, 0) is 0 Å². The average Bonchev–Trinajstić information content (AvgIpc) is 2.52. The maximum absolute atomic E-state index is 11.9. The molecule has 0 unspecified atom stereocenters. The van der Waals surface area contributed by atoms with Crippen molar-refractivity contribution in [2.75, 3.05) is 0 Å². The molecule has 2 rings (SSSR count). The van der Waals surface area contributed by atoms with Gasteiger partial charge in [-0.3, -0.25) is 14.9 Å². The highest BCUT2D eigenvalue weighted by Gasteiger charge is 2.09. The van der Waals surface area contributed by atoms with Crippen molar-refractivity contribution in [3.63, 3.8) is 0 Å². The molecule has 0 aromatic heterocycles. The second-order valence-corrected chi connectivity index (χ2v) is 4.81. The molecule has 0 aliphatic rings. The fourth-order valence-electron chi connectivity index (χ4n) is 1.87. The first-order valence-electron chi connectivity index (χ1n) is 6.63. The fraction of sp³-hybridized carbons (Fsp3) is 0.125. The first kappa shape index (κ1) is 15.4. The monoisotopic (exact) mass is 297 g/mol. The summed E-state index contributed by atoms with van der Waals surface area (Å²) in [5.74, 6) is -0.415. The molecule has 2 aromatic carbocycles. The van der Waals surface area contributed by atoms with Gasteiger partial charge in [0.15, 0.2) is 0 Å². The van der Waals surface area contributed by atoms with E-state index in [1.165, 1.54) is 24.3 Å². The van der Waals surface area contributed by atoms with Crippen LogP contribution in [0.15, 0.2) is 53.6 Å². The molecule has 0 spiro atoms. The molecule has 0 aliphatic heterocycles. The van der Waals surface area contributed by atoms with Crippen molar-refractivity contribution in [2.45, 2.75) is 13.8 Å². The Hall–Kier alpha value is -3.02. The van der Waals surface area contributed by atoms with Gasteiger partial charge in [-0.05, 0) is 31.5 Å². The SMILES string of the molecule is C/C(=N\NC(=O)c1ccc([N+](=O)[O-])cc1)c1cccc(C)c1. The van der Waals surface area contributed by atoms with Crippen LogP contribution in [0.4, 0.5) is 5.69 Å². The van der Waals surface area contributed by atoms with E-state index in [4.69, 9.17) is 0 Å². The summed E-state index contributed by atoms with van der Waals surface area (Å²) in [6.07, 6.45) is 0. The molecule has 0 aliphatic carbocycles. The Labute approximate surface area is 127 Å². The highest BCUT2D eigenvalue weighted by atomic mass is 16.6. The zero-order valence-corrected chi connectivity index (χ0v) is 12.2. The van der Waals surface area contributed by atoms with Gasteiger partial charge in [-0.15, -0.1) is 0 Å². The Bertz CT molecular complexity index is 737. The van der Waals surface area contributed by atoms with Gasteiger partial charge in [0.1, 0.15) is 0 Å². The standard InChI is InChI=1S/C16H15N3O3/c1-11-4-3-5-14(10-11)12(2)17-18-16(20)13-6-8-15(9-7-13)19(21)22/h3-10H,1-2H3,(H,18,20)/b17-12+. The number of nitro benzene ring substituents is 1. The number of nitrogens with one attached hydrogen (secondary N) is 1. The Morgan fingerprint density at radius 1 is 1.14 bits per heavy atom. The third-order valence-electron chi connectivity index (χ3n) is 3.10. The van der Waals surface area contributed by atoms with Gasteiger partial charge in [0.25, 0.3) is 11.6 Å². The van der Waals surface area contributed by atoms with E-state index < -0.39 is 10.8 Å². The minimum Gasteiger partial charge on any atom is -0.267 e. The van der Waals surface area contributed by atoms with Gasteiger partial charge in [-0.1, -0.05) is 29.8 Å². The maximum atomic E-state index is 11.9. The average molecular weight is 297 g/mol. The zero-order valence-electron chi connectivity index (χ0n) is 12.2. The molecule has 2 aromatic rings. The lowest BCUT2D eigenvalue weighted by molar-refractivity contribution is -0.384. The number of carbonyl (C=O) groups excluding carboxylic acids is 1. The number of hydrogen-bond donors (Lipinski definition) is 1. The Morgan fingerprint density at radius 2 is 1.82 bits per heavy atom. The second kappa shape index (κ2) is 6.62. The number of aryl methyl sites for hydroxylation is 1. The molecular formula is C16H15N3O3. The van der Waals surface area contributed by atoms with Crippen LogP contribution < -0.4 is 5.43 Å². The highest BCUT2D eigenvalue weighted by molar-refractivity contribution is 6.01. The van der Waals surface area contributed by atoms with E-state index in [-0.39, 0.29) is 5.69 Å². The number of hydrazone groups is 1. The van der Waals surface area contributed by atoms with E-state index in [1.807, 2.05) is 31.2 Å². The van der Waals surface area contributed by atoms with Crippen molar-refractivity contribution in [1.82, 2.24) is 5.43 Å². The van der Waals surface area contributed by atoms with E-state index in [0.29, 0.717) is 11.3 Å². The van der Waals surface area contributed by atoms with Crippen LogP contribution in [0.2, 0.25) is 0 Å². The van der Waals surface area contributed by atoms with E-state index in [9.17, 15) is 14.9 Å². The molecule has 0 atom stereocenters. The van der Waals surface area contributed by atoms with Crippen LogP contribution in [-0.4, -0.2) is 16.5 Å². The van der Waals surface area contributed by atoms with E-state index in [1.54, 1.807) is 6.92 Å². The van der Waals surface area contributed by atoms with E-state index in [0.717, 1.165) is 11.1 Å². The predicted molar refractivity (Wildman–Crippen MR) is 84.0 cm³/mol. The Morgan fingerprint density at radius 3 is 2.41 bits per heavy atom. The summed E-state index contributed by atoms with van der Waals surface area (Å²) in [5.41, 5.74) is 5.40. The van der Waals surface area contributed by atoms with Crippen molar-refractivity contribution in [3.8, 4) is 0 Å². The van der Waals surface area contributed by atoms with Crippen LogP contribution in [0.25, 0.3) is 0 Å². The smallest absolute Gasteiger partial charge is 0.267 e. The summed E-state index contributed by atoms with van der Waals surface area (Å²) in [5, 5.41) is 14.6. The summed E-state index contributed by atoms with van der Waals surface area (Å²) in [6.45, 7) is 3.77. The minimum absolute atomic E-state index is 0.0593. The molecule has 0 bridgehead atoms. The predicted octanol–water partition coefficient (Wildman–Crippen LogP) is 3.06. The van der Waals surface area contributed by atoms with Gasteiger partial charge in [0.05, 0.1) is 10.6 Å². The number of carbonyl (C=O) groups is 1. The number of non-ortho nitro benzene ring substituents is 1. The van der Waals surface area contributed by atoms with Gasteiger partial charge >= 0.3 is 0 Å². The molecule has 112 valence electrons. The summed E-state index contributed by atoms with van der Waals surface area (Å²) < 4.78 is 0. The quantitative estimate of drug-likeness (QED) is 0.534. The molecule has 6 nitrogen and oxygen atoms in total. The van der Waals surface area contributed by atoms with Gasteiger partial charge in [-0.2, -0.15) is 5.10 Å². The van der Waals surface area contributed by atoms with Crippen LogP contribution in [0.1, 0.15) is 28.4 Å². The molecule has 6 heteroatoms. The number of nitrogens with zero attached hydrogens (tertiary/aromatic N) is 2. The molecule has 0 saturated carbocycles. The Kier molecular flexibility index (Phi) is 4.63. The largest absolute Gasteiger partial charge is 0.271 e. The van der Waals surface area contributed by atoms with Gasteiger partial charge in [0.2, 0.25) is 0 Å². The van der Waals surface area contributed by atoms with Crippen LogP contribution in [0.3, 0.4) is 0 Å². The van der Waals surface area contributed by atoms with Crippen molar-refractivity contribution >= 4 is 17.3 Å². The topological polar surface area (TPSA) is 84.6 Å². The molecule has 22 heavy (non-hydrogen) atoms. The molecular weight excluding hydrogens is 282 g/mol. The molecule has 0 saturated heterocycles. The first-order valence-corrected chi connectivity index (χ1v) is 6.63. The number of benzene rings is 2. The summed E-state index contributed by atoms with van der Waals surface area (Å²) in [6, 6.07) is 13.1. The maximum Gasteiger partial charge on any atom is 0.271 e. The lowest BCUT2D eigenvalue weighted by atomic mass is 10.1. The summed E-state index contributed by atoms with van der Waals surface area (Å²) in [4.78, 5) is 22.0. The summed E-state index contributed by atoms with van der Waals surface area (Å²) >= 11 is 0. The molecule has 0 heterocycles. The minimum atomic E-state index is -0.512. The number of rotatable bonds is 4. The Balaban J connectivity index is 2.08. The lowest BCUT2D eigenvalue weighted by Crippen LogP contribution is -2.19. The number of hydrogen-bond acceptors (Lipinski definition) is 4. The molecule has 0 fully saturated rings. The lowest BCUT2D eigenvalue weighted by Gasteiger charge is -2.04. The number of amides is 1. The van der Waals surface area contributed by atoms with E-state index in [2.05, 4.69) is 10.5 Å². The fourth-order valence-corrected chi connectivity index (χ4v) is 1.87. The van der Waals surface area contributed by atoms with Crippen LogP contribution >= 0.6 is 0 Å². The second-order valence-electron chi connectivity index (χ2n) is 4.81. The van der Waals surface area contributed by atoms with Crippen molar-refractivity contribution in [3.05, 3.63) is 75.3 Å². The van der Waals surface area contributed by atoms with Crippen LogP contribution in [0, 0.1) is 17.0 Å².